The first kappa shape index (κ1) is 19.4. The average Bonchev–Trinajstić information content (AvgIpc) is 2.87. The molecule has 0 aromatic heterocycles. The van der Waals surface area contributed by atoms with E-state index >= 15 is 0 Å². The molecule has 26 heavy (non-hydrogen) atoms. The number of ether oxygens (including phenoxy) is 5. The molecule has 7 heteroatoms. The van der Waals surface area contributed by atoms with Crippen molar-refractivity contribution in [1.29, 1.82) is 0 Å². The Morgan fingerprint density at radius 2 is 1.35 bits per heavy atom. The first-order valence-electron chi connectivity index (χ1n) is 9.89. The molecule has 0 N–H and O–H groups in total. The lowest BCUT2D eigenvalue weighted by atomic mass is 9.95. The second-order valence-corrected chi connectivity index (χ2v) is 9.31. The van der Waals surface area contributed by atoms with Crippen molar-refractivity contribution in [2.45, 2.75) is 89.2 Å². The van der Waals surface area contributed by atoms with Crippen LogP contribution in [0.3, 0.4) is 0 Å². The van der Waals surface area contributed by atoms with Gasteiger partial charge in [-0.2, -0.15) is 0 Å². The van der Waals surface area contributed by atoms with E-state index in [1.54, 1.807) is 0 Å². The lowest BCUT2D eigenvalue weighted by molar-refractivity contribution is -0.239. The molecule has 4 fully saturated rings. The highest BCUT2D eigenvalue weighted by Gasteiger charge is 2.66. The van der Waals surface area contributed by atoms with E-state index in [1.165, 1.54) is 0 Å². The van der Waals surface area contributed by atoms with Gasteiger partial charge in [-0.1, -0.05) is 13.8 Å². The van der Waals surface area contributed by atoms with Crippen LogP contribution < -0.4 is 0 Å². The molecule has 8 atom stereocenters. The van der Waals surface area contributed by atoms with E-state index in [-0.39, 0.29) is 35.7 Å². The highest BCUT2D eigenvalue weighted by atomic mass is 35.5. The Hall–Kier alpha value is 0.0500. The molecule has 0 radical (unpaired) electrons. The Bertz CT molecular complexity index is 540. The fraction of sp³-hybridized carbons (Fsp3) is 1.00. The largest absolute Gasteiger partial charge is 0.343 e. The molecule has 0 amide bonds. The minimum absolute atomic E-state index is 0.0976. The first-order valence-corrected chi connectivity index (χ1v) is 10.3. The maximum atomic E-state index is 6.69. The molecular weight excluding hydrogens is 358 g/mol. The van der Waals surface area contributed by atoms with Crippen molar-refractivity contribution in [3.8, 4) is 0 Å². The zero-order valence-corrected chi connectivity index (χ0v) is 17.4. The smallest absolute Gasteiger partial charge is 0.190 e. The third kappa shape index (κ3) is 3.32. The minimum Gasteiger partial charge on any atom is -0.343 e. The quantitative estimate of drug-likeness (QED) is 0.673. The molecule has 0 unspecified atom stereocenters. The lowest BCUT2D eigenvalue weighted by Crippen LogP contribution is -2.56. The van der Waals surface area contributed by atoms with Crippen molar-refractivity contribution in [3.05, 3.63) is 0 Å². The summed E-state index contributed by atoms with van der Waals surface area (Å²) in [7, 11) is 0. The average molecular weight is 390 g/mol. The Morgan fingerprint density at radius 3 is 1.96 bits per heavy atom. The van der Waals surface area contributed by atoms with Crippen LogP contribution in [0.2, 0.25) is 0 Å². The van der Waals surface area contributed by atoms with Gasteiger partial charge in [0, 0.05) is 17.8 Å². The number of nitrogens with zero attached hydrogens (tertiary/aromatic N) is 1. The number of alkyl halides is 1. The second kappa shape index (κ2) is 6.55. The van der Waals surface area contributed by atoms with Gasteiger partial charge in [0.1, 0.15) is 18.3 Å². The molecular formula is C19H32ClNO5. The van der Waals surface area contributed by atoms with Crippen LogP contribution in [0.25, 0.3) is 0 Å². The van der Waals surface area contributed by atoms with Gasteiger partial charge in [-0.05, 0) is 46.7 Å². The Morgan fingerprint density at radius 1 is 0.808 bits per heavy atom. The summed E-state index contributed by atoms with van der Waals surface area (Å²) in [6.45, 7) is 15.1. The molecule has 3 saturated heterocycles. The molecule has 0 spiro atoms. The third-order valence-electron chi connectivity index (χ3n) is 6.06. The van der Waals surface area contributed by atoms with Crippen LogP contribution in [0.15, 0.2) is 0 Å². The van der Waals surface area contributed by atoms with Gasteiger partial charge in [0.05, 0.1) is 6.10 Å². The van der Waals surface area contributed by atoms with Crippen molar-refractivity contribution in [2.24, 2.45) is 11.8 Å². The summed E-state index contributed by atoms with van der Waals surface area (Å²) >= 11 is 6.69. The van der Waals surface area contributed by atoms with Crippen molar-refractivity contribution < 1.29 is 23.7 Å². The molecule has 0 aromatic carbocycles. The van der Waals surface area contributed by atoms with Crippen LogP contribution >= 0.6 is 11.6 Å². The molecule has 1 saturated carbocycles. The van der Waals surface area contributed by atoms with Gasteiger partial charge in [0.25, 0.3) is 0 Å². The van der Waals surface area contributed by atoms with Crippen molar-refractivity contribution >= 4 is 11.6 Å². The fourth-order valence-electron chi connectivity index (χ4n) is 4.74. The number of fused-ring (bicyclic) bond motifs is 3. The predicted molar refractivity (Wildman–Crippen MR) is 96.9 cm³/mol. The van der Waals surface area contributed by atoms with Gasteiger partial charge in [-0.15, -0.1) is 11.6 Å². The second-order valence-electron chi connectivity index (χ2n) is 8.81. The van der Waals surface area contributed by atoms with E-state index in [0.717, 1.165) is 19.6 Å². The summed E-state index contributed by atoms with van der Waals surface area (Å²) in [6.07, 6.45) is -1.23. The minimum atomic E-state index is -0.685. The van der Waals surface area contributed by atoms with E-state index in [2.05, 4.69) is 18.7 Å². The normalized spacial score (nSPS) is 48.5. The van der Waals surface area contributed by atoms with Crippen LogP contribution in [0.5, 0.6) is 0 Å². The molecule has 3 aliphatic heterocycles. The van der Waals surface area contributed by atoms with Gasteiger partial charge in [0.15, 0.2) is 17.9 Å². The Kier molecular flexibility index (Phi) is 4.88. The van der Waals surface area contributed by atoms with Gasteiger partial charge in [-0.25, -0.2) is 0 Å². The van der Waals surface area contributed by atoms with Gasteiger partial charge >= 0.3 is 0 Å². The van der Waals surface area contributed by atoms with Crippen molar-refractivity contribution in [1.82, 2.24) is 4.90 Å². The molecule has 150 valence electrons. The summed E-state index contributed by atoms with van der Waals surface area (Å²) in [4.78, 5) is 2.41. The van der Waals surface area contributed by atoms with Crippen molar-refractivity contribution in [2.75, 3.05) is 19.6 Å². The first-order chi connectivity index (χ1) is 12.2. The van der Waals surface area contributed by atoms with E-state index in [4.69, 9.17) is 35.3 Å². The van der Waals surface area contributed by atoms with E-state index in [0.29, 0.717) is 5.92 Å². The molecule has 6 nitrogen and oxygen atoms in total. The van der Waals surface area contributed by atoms with E-state index in [9.17, 15) is 0 Å². The highest BCUT2D eigenvalue weighted by molar-refractivity contribution is 6.23. The monoisotopic (exact) mass is 389 g/mol. The highest BCUT2D eigenvalue weighted by Crippen LogP contribution is 2.54. The van der Waals surface area contributed by atoms with Crippen LogP contribution in [-0.2, 0) is 23.7 Å². The van der Waals surface area contributed by atoms with Crippen LogP contribution in [-0.4, -0.2) is 72.2 Å². The lowest BCUT2D eigenvalue weighted by Gasteiger charge is -2.38. The summed E-state index contributed by atoms with van der Waals surface area (Å²) in [5.41, 5.74) is 0. The summed E-state index contributed by atoms with van der Waals surface area (Å²) in [5, 5.41) is 0.0976. The van der Waals surface area contributed by atoms with Gasteiger partial charge in [0.2, 0.25) is 0 Å². The van der Waals surface area contributed by atoms with Crippen molar-refractivity contribution in [3.63, 3.8) is 0 Å². The maximum Gasteiger partial charge on any atom is 0.190 e. The summed E-state index contributed by atoms with van der Waals surface area (Å²) < 4.78 is 30.9. The molecule has 4 aliphatic rings. The molecule has 0 bridgehead atoms. The van der Waals surface area contributed by atoms with Crippen LogP contribution in [0.1, 0.15) is 41.5 Å². The van der Waals surface area contributed by atoms with E-state index in [1.807, 2.05) is 27.7 Å². The summed E-state index contributed by atoms with van der Waals surface area (Å²) in [6, 6.07) is 0. The number of rotatable bonds is 5. The van der Waals surface area contributed by atoms with Gasteiger partial charge in [-0.3, -0.25) is 0 Å². The number of halogens is 1. The van der Waals surface area contributed by atoms with Gasteiger partial charge < -0.3 is 28.6 Å². The molecule has 4 rings (SSSR count). The topological polar surface area (TPSA) is 49.4 Å². The zero-order chi connectivity index (χ0) is 18.9. The van der Waals surface area contributed by atoms with E-state index < -0.39 is 17.9 Å². The van der Waals surface area contributed by atoms with Crippen LogP contribution in [0.4, 0.5) is 0 Å². The van der Waals surface area contributed by atoms with Crippen LogP contribution in [0, 0.1) is 11.8 Å². The molecule has 3 heterocycles. The zero-order valence-electron chi connectivity index (χ0n) is 16.6. The number of hydrogen-bond donors (Lipinski definition) is 0. The SMILES string of the molecule is CCN(CC)C[C@H]1[C@H](Cl)[C@H]1[C@H]1O[C@@H]2OC(C)(C)O[C@@H]2[C@H]2OC(C)(C)O[C@H]21. The Labute approximate surface area is 161 Å². The number of hydrogen-bond acceptors (Lipinski definition) is 6. The molecule has 1 aliphatic carbocycles. The Balaban J connectivity index is 1.53. The molecule has 0 aromatic rings. The fourth-order valence-corrected chi connectivity index (χ4v) is 5.23. The summed E-state index contributed by atoms with van der Waals surface area (Å²) in [5.74, 6) is -0.695. The maximum absolute atomic E-state index is 6.69. The standard InChI is InChI=1S/C19H32ClNO5/c1-7-21(8-2)9-10-11(12(10)20)13-14-15(24-18(3,4)23-14)16-17(22-13)26-19(5,6)25-16/h10-17H,7-9H2,1-6H3/t10-,11+,12+,13-,14+,15+,16-,17-/m1/s1. The third-order valence-corrected chi connectivity index (χ3v) is 6.68. The predicted octanol–water partition coefficient (Wildman–Crippen LogP) is 2.58.